The number of aromatic nitrogens is 2. The van der Waals surface area contributed by atoms with Crippen LogP contribution in [0.5, 0.6) is 0 Å². The van der Waals surface area contributed by atoms with Crippen LogP contribution >= 0.6 is 0 Å². The van der Waals surface area contributed by atoms with Crippen molar-refractivity contribution in [3.63, 3.8) is 0 Å². The molecule has 6 heteroatoms. The Labute approximate surface area is 115 Å². The van der Waals surface area contributed by atoms with E-state index in [-0.39, 0.29) is 12.3 Å². The lowest BCUT2D eigenvalue weighted by Crippen LogP contribution is -2.43. The Balaban J connectivity index is 2.07. The molecule has 0 radical (unpaired) electrons. The maximum atomic E-state index is 11.9. The first kappa shape index (κ1) is 12.7. The molecule has 1 aliphatic heterocycles. The largest absolute Gasteiger partial charge is 0.481 e. The molecule has 2 unspecified atom stereocenters. The number of carboxylic acid groups (broad SMARTS) is 1. The van der Waals surface area contributed by atoms with E-state index in [0.29, 0.717) is 12.1 Å². The second kappa shape index (κ2) is 4.63. The van der Waals surface area contributed by atoms with Gasteiger partial charge < -0.3 is 14.4 Å². The molecule has 20 heavy (non-hydrogen) atoms. The van der Waals surface area contributed by atoms with Gasteiger partial charge in [0, 0.05) is 25.9 Å². The van der Waals surface area contributed by atoms with Gasteiger partial charge >= 0.3 is 5.97 Å². The van der Waals surface area contributed by atoms with Crippen molar-refractivity contribution < 1.29 is 14.7 Å². The predicted octanol–water partition coefficient (Wildman–Crippen LogP) is 1.33. The minimum absolute atomic E-state index is 0.0374. The van der Waals surface area contributed by atoms with Gasteiger partial charge in [-0.3, -0.25) is 9.59 Å². The molecule has 2 aromatic heterocycles. The number of carboxylic acids is 1. The third kappa shape index (κ3) is 1.93. The second-order valence-electron chi connectivity index (χ2n) is 5.06. The van der Waals surface area contributed by atoms with Crippen molar-refractivity contribution >= 4 is 17.5 Å². The summed E-state index contributed by atoms with van der Waals surface area (Å²) < 4.78 is 1.83. The minimum Gasteiger partial charge on any atom is -0.481 e. The molecule has 1 amide bonds. The molecule has 6 nitrogen and oxygen atoms in total. The highest BCUT2D eigenvalue weighted by atomic mass is 16.4. The minimum atomic E-state index is -0.883. The lowest BCUT2D eigenvalue weighted by Gasteiger charge is -2.35. The standard InChI is InChI=1S/C14H15N3O3/c1-16-12(18)6-5-9(14(19)20)13(16)10-8-17-7-3-2-4-11(17)15-10/h2-4,7-9,13H,5-6H2,1H3,(H,19,20). The number of carbonyl (C=O) groups is 2. The number of carbonyl (C=O) groups excluding carboxylic acids is 1. The topological polar surface area (TPSA) is 74.9 Å². The van der Waals surface area contributed by atoms with Crippen LogP contribution in [0.3, 0.4) is 0 Å². The number of hydrogen-bond donors (Lipinski definition) is 1. The summed E-state index contributed by atoms with van der Waals surface area (Å²) >= 11 is 0. The van der Waals surface area contributed by atoms with Crippen LogP contribution in [-0.4, -0.2) is 38.3 Å². The summed E-state index contributed by atoms with van der Waals surface area (Å²) in [5, 5.41) is 9.38. The molecule has 0 spiro atoms. The quantitative estimate of drug-likeness (QED) is 0.895. The van der Waals surface area contributed by atoms with Gasteiger partial charge in [-0.05, 0) is 18.6 Å². The van der Waals surface area contributed by atoms with Gasteiger partial charge in [-0.1, -0.05) is 6.07 Å². The lowest BCUT2D eigenvalue weighted by molar-refractivity contribution is -0.151. The van der Waals surface area contributed by atoms with Gasteiger partial charge in [-0.25, -0.2) is 4.98 Å². The van der Waals surface area contributed by atoms with E-state index in [9.17, 15) is 14.7 Å². The van der Waals surface area contributed by atoms with Crippen molar-refractivity contribution in [2.75, 3.05) is 7.05 Å². The molecule has 0 saturated carbocycles. The van der Waals surface area contributed by atoms with E-state index in [1.807, 2.05) is 28.8 Å². The van der Waals surface area contributed by atoms with Crippen LogP contribution in [0.15, 0.2) is 30.6 Å². The number of likely N-dealkylation sites (tertiary alicyclic amines) is 1. The molecular weight excluding hydrogens is 258 g/mol. The first-order chi connectivity index (χ1) is 9.58. The predicted molar refractivity (Wildman–Crippen MR) is 71.1 cm³/mol. The third-order valence-electron chi connectivity index (χ3n) is 3.86. The molecule has 2 aromatic rings. The fraction of sp³-hybridized carbons (Fsp3) is 0.357. The van der Waals surface area contributed by atoms with Crippen molar-refractivity contribution in [2.45, 2.75) is 18.9 Å². The maximum absolute atomic E-state index is 11.9. The normalized spacial score (nSPS) is 23.2. The Morgan fingerprint density at radius 3 is 2.95 bits per heavy atom. The highest BCUT2D eigenvalue weighted by Gasteiger charge is 2.40. The summed E-state index contributed by atoms with van der Waals surface area (Å²) in [7, 11) is 1.64. The number of rotatable bonds is 2. The van der Waals surface area contributed by atoms with E-state index in [1.54, 1.807) is 13.2 Å². The van der Waals surface area contributed by atoms with Crippen molar-refractivity contribution in [3.8, 4) is 0 Å². The van der Waals surface area contributed by atoms with E-state index in [2.05, 4.69) is 4.98 Å². The van der Waals surface area contributed by atoms with Crippen molar-refractivity contribution in [1.82, 2.24) is 14.3 Å². The molecule has 1 fully saturated rings. The first-order valence-corrected chi connectivity index (χ1v) is 6.50. The molecule has 0 bridgehead atoms. The van der Waals surface area contributed by atoms with E-state index in [4.69, 9.17) is 0 Å². The van der Waals surface area contributed by atoms with Crippen LogP contribution < -0.4 is 0 Å². The summed E-state index contributed by atoms with van der Waals surface area (Å²) in [5.74, 6) is -1.53. The highest BCUT2D eigenvalue weighted by Crippen LogP contribution is 2.35. The number of nitrogens with zero attached hydrogens (tertiary/aromatic N) is 3. The molecule has 1 N–H and O–H groups in total. The maximum Gasteiger partial charge on any atom is 0.309 e. The summed E-state index contributed by atoms with van der Waals surface area (Å²) in [6.45, 7) is 0. The lowest BCUT2D eigenvalue weighted by atomic mass is 9.87. The number of amides is 1. The number of pyridine rings is 1. The number of aliphatic carboxylic acids is 1. The zero-order chi connectivity index (χ0) is 14.3. The van der Waals surface area contributed by atoms with Crippen molar-refractivity contribution in [2.24, 2.45) is 5.92 Å². The number of piperidine rings is 1. The van der Waals surface area contributed by atoms with E-state index in [1.165, 1.54) is 4.90 Å². The summed E-state index contributed by atoms with van der Waals surface area (Å²) in [5.41, 5.74) is 1.37. The molecule has 3 rings (SSSR count). The summed E-state index contributed by atoms with van der Waals surface area (Å²) in [4.78, 5) is 29.3. The highest BCUT2D eigenvalue weighted by molar-refractivity contribution is 5.81. The number of imidazole rings is 1. The van der Waals surface area contributed by atoms with Crippen LogP contribution in [0.2, 0.25) is 0 Å². The SMILES string of the molecule is CN1C(=O)CCC(C(=O)O)C1c1cn2ccccc2n1. The van der Waals surface area contributed by atoms with Gasteiger partial charge in [0.2, 0.25) is 5.91 Å². The van der Waals surface area contributed by atoms with Gasteiger partial charge in [0.1, 0.15) is 5.65 Å². The summed E-state index contributed by atoms with van der Waals surface area (Å²) in [6.07, 6.45) is 4.28. The van der Waals surface area contributed by atoms with Crippen LogP contribution in [0.1, 0.15) is 24.6 Å². The van der Waals surface area contributed by atoms with Gasteiger partial charge in [0.25, 0.3) is 0 Å². The van der Waals surface area contributed by atoms with E-state index in [0.717, 1.165) is 5.65 Å². The van der Waals surface area contributed by atoms with Crippen LogP contribution in [0.25, 0.3) is 5.65 Å². The molecule has 2 atom stereocenters. The second-order valence-corrected chi connectivity index (χ2v) is 5.06. The third-order valence-corrected chi connectivity index (χ3v) is 3.86. The molecule has 104 valence electrons. The Hall–Kier alpha value is -2.37. The molecule has 0 aromatic carbocycles. The summed E-state index contributed by atoms with van der Waals surface area (Å²) in [6, 6.07) is 5.09. The van der Waals surface area contributed by atoms with Gasteiger partial charge in [0.05, 0.1) is 17.7 Å². The van der Waals surface area contributed by atoms with Crippen LogP contribution in [0, 0.1) is 5.92 Å². The van der Waals surface area contributed by atoms with Gasteiger partial charge in [-0.2, -0.15) is 0 Å². The number of hydrogen-bond acceptors (Lipinski definition) is 3. The van der Waals surface area contributed by atoms with Gasteiger partial charge in [-0.15, -0.1) is 0 Å². The Morgan fingerprint density at radius 2 is 2.25 bits per heavy atom. The van der Waals surface area contributed by atoms with Crippen molar-refractivity contribution in [3.05, 3.63) is 36.3 Å². The Bertz CT molecular complexity index is 646. The van der Waals surface area contributed by atoms with Gasteiger partial charge in [0.15, 0.2) is 0 Å². The Morgan fingerprint density at radius 1 is 1.45 bits per heavy atom. The van der Waals surface area contributed by atoms with Crippen molar-refractivity contribution in [1.29, 1.82) is 0 Å². The fourth-order valence-corrected chi connectivity index (χ4v) is 2.80. The van der Waals surface area contributed by atoms with E-state index >= 15 is 0 Å². The Kier molecular flexibility index (Phi) is 2.93. The monoisotopic (exact) mass is 273 g/mol. The molecule has 1 saturated heterocycles. The fourth-order valence-electron chi connectivity index (χ4n) is 2.80. The molecular formula is C14H15N3O3. The first-order valence-electron chi connectivity index (χ1n) is 6.50. The number of fused-ring (bicyclic) bond motifs is 1. The smallest absolute Gasteiger partial charge is 0.309 e. The zero-order valence-corrected chi connectivity index (χ0v) is 11.1. The molecule has 0 aliphatic carbocycles. The molecule has 3 heterocycles. The zero-order valence-electron chi connectivity index (χ0n) is 11.1. The van der Waals surface area contributed by atoms with Crippen LogP contribution in [-0.2, 0) is 9.59 Å². The molecule has 1 aliphatic rings. The van der Waals surface area contributed by atoms with Crippen LogP contribution in [0.4, 0.5) is 0 Å². The average molecular weight is 273 g/mol. The average Bonchev–Trinajstić information content (AvgIpc) is 2.84. The van der Waals surface area contributed by atoms with E-state index < -0.39 is 17.9 Å².